The van der Waals surface area contributed by atoms with E-state index in [1.807, 2.05) is 0 Å². The van der Waals surface area contributed by atoms with Gasteiger partial charge >= 0.3 is 0 Å². The molecule has 0 fully saturated rings. The largest absolute Gasteiger partial charge is 0.314 e. The van der Waals surface area contributed by atoms with Crippen LogP contribution in [0.4, 0.5) is 0 Å². The van der Waals surface area contributed by atoms with Crippen LogP contribution in [0.15, 0.2) is 18.2 Å². The van der Waals surface area contributed by atoms with Crippen molar-refractivity contribution in [1.29, 1.82) is 0 Å². The lowest BCUT2D eigenvalue weighted by molar-refractivity contribution is 0.293. The summed E-state index contributed by atoms with van der Waals surface area (Å²) in [4.78, 5) is 0. The van der Waals surface area contributed by atoms with Crippen LogP contribution in [0.1, 0.15) is 68.1 Å². The van der Waals surface area contributed by atoms with Gasteiger partial charge in [0.25, 0.3) is 0 Å². The predicted molar refractivity (Wildman–Crippen MR) is 77.2 cm³/mol. The molecule has 2 unspecified atom stereocenters. The van der Waals surface area contributed by atoms with Crippen LogP contribution in [0.2, 0.25) is 0 Å². The van der Waals surface area contributed by atoms with Crippen molar-refractivity contribution >= 4 is 0 Å². The van der Waals surface area contributed by atoms with Crippen molar-refractivity contribution in [3.05, 3.63) is 34.9 Å². The summed E-state index contributed by atoms with van der Waals surface area (Å²) in [6, 6.07) is 7.03. The van der Waals surface area contributed by atoms with Crippen molar-refractivity contribution in [2.24, 2.45) is 0 Å². The first kappa shape index (κ1) is 12.2. The fourth-order valence-electron chi connectivity index (χ4n) is 4.07. The van der Waals surface area contributed by atoms with Crippen LogP contribution in [0.25, 0.3) is 0 Å². The van der Waals surface area contributed by atoms with Crippen molar-refractivity contribution < 1.29 is 0 Å². The number of likely N-dealkylation sites (N-methyl/N-ethyl adjacent to an activating group) is 1. The zero-order valence-corrected chi connectivity index (χ0v) is 11.9. The Balaban J connectivity index is 2.09. The van der Waals surface area contributed by atoms with E-state index in [0.29, 0.717) is 5.92 Å². The average molecular weight is 243 g/mol. The van der Waals surface area contributed by atoms with Crippen molar-refractivity contribution in [3.8, 4) is 0 Å². The highest BCUT2D eigenvalue weighted by molar-refractivity contribution is 5.44. The van der Waals surface area contributed by atoms with Crippen LogP contribution in [-0.2, 0) is 6.42 Å². The molecule has 1 aromatic rings. The Hall–Kier alpha value is -0.820. The van der Waals surface area contributed by atoms with Gasteiger partial charge in [-0.25, -0.2) is 0 Å². The minimum atomic E-state index is 0.206. The predicted octanol–water partition coefficient (Wildman–Crippen LogP) is 3.98. The quantitative estimate of drug-likeness (QED) is 0.828. The van der Waals surface area contributed by atoms with E-state index >= 15 is 0 Å². The molecule has 1 nitrogen and oxygen atoms in total. The van der Waals surface area contributed by atoms with E-state index in [2.05, 4.69) is 44.4 Å². The summed E-state index contributed by atoms with van der Waals surface area (Å²) in [6.07, 6.45) is 6.83. The Labute approximate surface area is 111 Å². The molecule has 2 aliphatic rings. The Bertz CT molecular complexity index is 447. The number of nitrogens with one attached hydrogen (secondary N) is 1. The van der Waals surface area contributed by atoms with E-state index in [1.165, 1.54) is 32.1 Å². The zero-order chi connectivity index (χ0) is 12.8. The van der Waals surface area contributed by atoms with Crippen LogP contribution >= 0.6 is 0 Å². The Morgan fingerprint density at radius 2 is 2.00 bits per heavy atom. The maximum absolute atomic E-state index is 3.52. The minimum Gasteiger partial charge on any atom is -0.314 e. The number of benzene rings is 1. The number of aryl methyl sites for hydroxylation is 1. The van der Waals surface area contributed by atoms with Crippen molar-refractivity contribution in [2.75, 3.05) is 7.05 Å². The molecule has 1 N–H and O–H groups in total. The monoisotopic (exact) mass is 243 g/mol. The fraction of sp³-hybridized carbons (Fsp3) is 0.647. The summed E-state index contributed by atoms with van der Waals surface area (Å²) >= 11 is 0. The van der Waals surface area contributed by atoms with Gasteiger partial charge in [-0.15, -0.1) is 0 Å². The Morgan fingerprint density at radius 1 is 1.17 bits per heavy atom. The van der Waals surface area contributed by atoms with Crippen LogP contribution < -0.4 is 5.32 Å². The molecule has 0 amide bonds. The van der Waals surface area contributed by atoms with E-state index in [4.69, 9.17) is 0 Å². The lowest BCUT2D eigenvalue weighted by Gasteiger charge is -2.43. The average Bonchev–Trinajstić information content (AvgIpc) is 2.39. The molecule has 0 spiro atoms. The highest BCUT2D eigenvalue weighted by atomic mass is 14.9. The topological polar surface area (TPSA) is 12.0 Å². The molecule has 2 aliphatic carbocycles. The van der Waals surface area contributed by atoms with Gasteiger partial charge in [-0.2, -0.15) is 0 Å². The zero-order valence-electron chi connectivity index (χ0n) is 11.9. The molecule has 0 aliphatic heterocycles. The first-order valence-electron chi connectivity index (χ1n) is 7.44. The van der Waals surface area contributed by atoms with Gasteiger partial charge < -0.3 is 5.32 Å². The van der Waals surface area contributed by atoms with Gasteiger partial charge in [0.05, 0.1) is 0 Å². The summed E-state index contributed by atoms with van der Waals surface area (Å²) in [7, 11) is 2.10. The molecule has 18 heavy (non-hydrogen) atoms. The third-order valence-electron chi connectivity index (χ3n) is 5.33. The standard InChI is InChI=1S/C17H25N/c1-17(2,18-3)15-11-10-13-7-4-6-12-8-5-9-14(15)16(12)13/h5,8-9,13,15,18H,4,6-7,10-11H2,1-3H3. The van der Waals surface area contributed by atoms with Crippen LogP contribution in [0, 0.1) is 0 Å². The minimum absolute atomic E-state index is 0.206. The van der Waals surface area contributed by atoms with E-state index in [9.17, 15) is 0 Å². The maximum Gasteiger partial charge on any atom is 0.0190 e. The molecule has 0 saturated heterocycles. The highest BCUT2D eigenvalue weighted by Crippen LogP contribution is 2.48. The van der Waals surface area contributed by atoms with Crippen molar-refractivity contribution in [2.45, 2.75) is 63.3 Å². The van der Waals surface area contributed by atoms with Gasteiger partial charge in [0.2, 0.25) is 0 Å². The molecule has 0 aromatic heterocycles. The van der Waals surface area contributed by atoms with E-state index in [1.54, 1.807) is 16.7 Å². The van der Waals surface area contributed by atoms with E-state index in [0.717, 1.165) is 5.92 Å². The summed E-state index contributed by atoms with van der Waals surface area (Å²) in [5.41, 5.74) is 5.21. The summed E-state index contributed by atoms with van der Waals surface area (Å²) in [5, 5.41) is 3.52. The van der Waals surface area contributed by atoms with Crippen LogP contribution in [0.3, 0.4) is 0 Å². The van der Waals surface area contributed by atoms with Gasteiger partial charge in [0.15, 0.2) is 0 Å². The van der Waals surface area contributed by atoms with Gasteiger partial charge in [-0.1, -0.05) is 18.2 Å². The molecule has 98 valence electrons. The lowest BCUT2D eigenvalue weighted by atomic mass is 9.65. The second-order valence-corrected chi connectivity index (χ2v) is 6.61. The molecule has 1 aromatic carbocycles. The first-order chi connectivity index (χ1) is 8.63. The van der Waals surface area contributed by atoms with Gasteiger partial charge in [-0.05, 0) is 75.6 Å². The van der Waals surface area contributed by atoms with Gasteiger partial charge in [0, 0.05) is 11.5 Å². The molecule has 0 radical (unpaired) electrons. The van der Waals surface area contributed by atoms with E-state index < -0.39 is 0 Å². The number of hydrogen-bond donors (Lipinski definition) is 1. The Kier molecular flexibility index (Phi) is 2.97. The SMILES string of the molecule is CNC(C)(C)C1CCC2CCCc3cccc1c32. The fourth-order valence-corrected chi connectivity index (χ4v) is 4.07. The smallest absolute Gasteiger partial charge is 0.0190 e. The third-order valence-corrected chi connectivity index (χ3v) is 5.33. The van der Waals surface area contributed by atoms with Gasteiger partial charge in [-0.3, -0.25) is 0 Å². The van der Waals surface area contributed by atoms with Crippen molar-refractivity contribution in [1.82, 2.24) is 5.32 Å². The second-order valence-electron chi connectivity index (χ2n) is 6.61. The molecule has 0 saturated carbocycles. The second kappa shape index (κ2) is 4.38. The maximum atomic E-state index is 3.52. The molecular formula is C17H25N. The first-order valence-corrected chi connectivity index (χ1v) is 7.44. The summed E-state index contributed by atoms with van der Waals surface area (Å²) < 4.78 is 0. The normalized spacial score (nSPS) is 26.8. The number of rotatable bonds is 2. The van der Waals surface area contributed by atoms with Crippen molar-refractivity contribution in [3.63, 3.8) is 0 Å². The molecular weight excluding hydrogens is 218 g/mol. The molecule has 0 bridgehead atoms. The molecule has 3 rings (SSSR count). The molecule has 2 atom stereocenters. The van der Waals surface area contributed by atoms with Crippen LogP contribution in [-0.4, -0.2) is 12.6 Å². The van der Waals surface area contributed by atoms with Gasteiger partial charge in [0.1, 0.15) is 0 Å². The number of hydrogen-bond acceptors (Lipinski definition) is 1. The lowest BCUT2D eigenvalue weighted by Crippen LogP contribution is -2.44. The Morgan fingerprint density at radius 3 is 2.78 bits per heavy atom. The summed E-state index contributed by atoms with van der Waals surface area (Å²) in [6.45, 7) is 4.69. The highest BCUT2D eigenvalue weighted by Gasteiger charge is 2.37. The molecule has 0 heterocycles. The van der Waals surface area contributed by atoms with E-state index in [-0.39, 0.29) is 5.54 Å². The molecule has 1 heteroatoms. The summed E-state index contributed by atoms with van der Waals surface area (Å²) in [5.74, 6) is 1.53. The van der Waals surface area contributed by atoms with Crippen LogP contribution in [0.5, 0.6) is 0 Å². The third kappa shape index (κ3) is 1.80.